The normalized spacial score (nSPS) is 17.4. The van der Waals surface area contributed by atoms with Gasteiger partial charge in [-0.2, -0.15) is 4.98 Å². The molecule has 0 bridgehead atoms. The van der Waals surface area contributed by atoms with E-state index in [4.69, 9.17) is 10.5 Å². The van der Waals surface area contributed by atoms with Crippen molar-refractivity contribution < 1.29 is 4.74 Å². The molecule has 1 unspecified atom stereocenters. The first kappa shape index (κ1) is 18.1. The van der Waals surface area contributed by atoms with E-state index in [0.717, 1.165) is 50.8 Å². The monoisotopic (exact) mass is 361 g/mol. The number of thiophene rings is 1. The molecule has 25 heavy (non-hydrogen) atoms. The molecule has 0 aliphatic carbocycles. The summed E-state index contributed by atoms with van der Waals surface area (Å²) in [5.74, 6) is 1.57. The zero-order chi connectivity index (χ0) is 17.8. The Hall–Kier alpha value is -1.70. The Morgan fingerprint density at radius 3 is 2.80 bits per heavy atom. The zero-order valence-electron chi connectivity index (χ0n) is 15.2. The summed E-state index contributed by atoms with van der Waals surface area (Å²) in [5, 5.41) is 2.14. The van der Waals surface area contributed by atoms with E-state index in [0.29, 0.717) is 11.9 Å². The molecule has 0 spiro atoms. The van der Waals surface area contributed by atoms with E-state index in [-0.39, 0.29) is 0 Å². The molecular weight excluding hydrogens is 334 g/mol. The Labute approximate surface area is 153 Å². The minimum Gasteiger partial charge on any atom is -0.381 e. The van der Waals surface area contributed by atoms with Gasteiger partial charge in [0.05, 0.1) is 18.8 Å². The summed E-state index contributed by atoms with van der Waals surface area (Å²) in [7, 11) is 4.18. The number of anilines is 2. The molecule has 2 N–H and O–H groups in total. The number of hydrogen-bond acceptors (Lipinski definition) is 7. The van der Waals surface area contributed by atoms with Crippen LogP contribution in [0.4, 0.5) is 11.8 Å². The lowest BCUT2D eigenvalue weighted by Crippen LogP contribution is -2.32. The van der Waals surface area contributed by atoms with Crippen LogP contribution in [0.25, 0.3) is 0 Å². The maximum Gasteiger partial charge on any atom is 0.222 e. The van der Waals surface area contributed by atoms with Crippen molar-refractivity contribution >= 4 is 23.1 Å². The molecule has 1 atom stereocenters. The molecule has 0 aromatic carbocycles. The van der Waals surface area contributed by atoms with Gasteiger partial charge in [-0.25, -0.2) is 4.98 Å². The minimum atomic E-state index is 0.322. The minimum absolute atomic E-state index is 0.322. The maximum atomic E-state index is 6.03. The summed E-state index contributed by atoms with van der Waals surface area (Å²) in [6.07, 6.45) is 0.998. The highest BCUT2D eigenvalue weighted by Crippen LogP contribution is 2.28. The van der Waals surface area contributed by atoms with Crippen LogP contribution in [-0.2, 0) is 11.3 Å². The first-order valence-corrected chi connectivity index (χ1v) is 9.55. The summed E-state index contributed by atoms with van der Waals surface area (Å²) < 4.78 is 5.51. The van der Waals surface area contributed by atoms with E-state index in [1.807, 2.05) is 0 Å². The van der Waals surface area contributed by atoms with E-state index >= 15 is 0 Å². The highest BCUT2D eigenvalue weighted by molar-refractivity contribution is 7.10. The maximum absolute atomic E-state index is 6.03. The predicted molar refractivity (Wildman–Crippen MR) is 103 cm³/mol. The quantitative estimate of drug-likeness (QED) is 0.817. The molecule has 1 aliphatic heterocycles. The number of aryl methyl sites for hydroxylation is 1. The number of likely N-dealkylation sites (N-methyl/N-ethyl adjacent to an activating group) is 1. The lowest BCUT2D eigenvalue weighted by molar-refractivity contribution is 0.193. The smallest absolute Gasteiger partial charge is 0.222 e. The van der Waals surface area contributed by atoms with E-state index in [1.165, 1.54) is 10.4 Å². The van der Waals surface area contributed by atoms with Gasteiger partial charge in [0.1, 0.15) is 5.82 Å². The molecule has 1 fully saturated rings. The molecule has 0 radical (unpaired) electrons. The van der Waals surface area contributed by atoms with Gasteiger partial charge in [-0.15, -0.1) is 11.3 Å². The third-order valence-electron chi connectivity index (χ3n) is 4.54. The predicted octanol–water partition coefficient (Wildman–Crippen LogP) is 2.50. The Morgan fingerprint density at radius 1 is 1.32 bits per heavy atom. The van der Waals surface area contributed by atoms with Gasteiger partial charge in [0, 0.05) is 36.6 Å². The fraction of sp³-hybridized carbons (Fsp3) is 0.556. The van der Waals surface area contributed by atoms with Crippen LogP contribution in [0, 0.1) is 6.92 Å². The average molecular weight is 362 g/mol. The summed E-state index contributed by atoms with van der Waals surface area (Å²) in [6.45, 7) is 6.36. The van der Waals surface area contributed by atoms with Gasteiger partial charge in [0.25, 0.3) is 0 Å². The van der Waals surface area contributed by atoms with Crippen molar-refractivity contribution in [3.05, 3.63) is 33.6 Å². The van der Waals surface area contributed by atoms with Crippen LogP contribution < -0.4 is 10.6 Å². The molecule has 6 nitrogen and oxygen atoms in total. The summed E-state index contributed by atoms with van der Waals surface area (Å²) in [6, 6.07) is 4.26. The van der Waals surface area contributed by atoms with Crippen LogP contribution in [-0.4, -0.2) is 55.3 Å². The number of rotatable bonds is 7. The molecule has 3 heterocycles. The molecule has 1 aliphatic rings. The Kier molecular flexibility index (Phi) is 5.88. The van der Waals surface area contributed by atoms with Crippen molar-refractivity contribution in [3.63, 3.8) is 0 Å². The Balaban J connectivity index is 1.87. The van der Waals surface area contributed by atoms with Gasteiger partial charge in [0.15, 0.2) is 0 Å². The van der Waals surface area contributed by atoms with E-state index in [1.54, 1.807) is 11.3 Å². The first-order valence-electron chi connectivity index (χ1n) is 8.68. The molecule has 0 saturated carbocycles. The van der Waals surface area contributed by atoms with Crippen LogP contribution in [0.5, 0.6) is 0 Å². The lowest BCUT2D eigenvalue weighted by Gasteiger charge is -2.26. The number of ether oxygens (including phenoxy) is 1. The van der Waals surface area contributed by atoms with Gasteiger partial charge in [-0.05, 0) is 44.4 Å². The van der Waals surface area contributed by atoms with Crippen molar-refractivity contribution in [2.75, 3.05) is 51.0 Å². The van der Waals surface area contributed by atoms with Crippen LogP contribution >= 0.6 is 11.3 Å². The van der Waals surface area contributed by atoms with Crippen LogP contribution in [0.3, 0.4) is 0 Å². The van der Waals surface area contributed by atoms with Gasteiger partial charge in [0.2, 0.25) is 5.95 Å². The number of nitrogen functional groups attached to an aromatic ring is 1. The molecule has 3 rings (SSSR count). The van der Waals surface area contributed by atoms with Gasteiger partial charge in [-0.3, -0.25) is 0 Å². The number of hydrogen-bond donors (Lipinski definition) is 1. The van der Waals surface area contributed by atoms with Crippen molar-refractivity contribution in [1.82, 2.24) is 14.9 Å². The van der Waals surface area contributed by atoms with Crippen molar-refractivity contribution in [1.29, 1.82) is 0 Å². The fourth-order valence-electron chi connectivity index (χ4n) is 2.95. The lowest BCUT2D eigenvalue weighted by atomic mass is 10.0. The second-order valence-corrected chi connectivity index (χ2v) is 7.82. The highest BCUT2D eigenvalue weighted by atomic mass is 32.1. The van der Waals surface area contributed by atoms with Gasteiger partial charge >= 0.3 is 0 Å². The molecule has 7 heteroatoms. The van der Waals surface area contributed by atoms with Gasteiger partial charge in [-0.1, -0.05) is 0 Å². The highest BCUT2D eigenvalue weighted by Gasteiger charge is 2.22. The summed E-state index contributed by atoms with van der Waals surface area (Å²) in [5.41, 5.74) is 8.35. The summed E-state index contributed by atoms with van der Waals surface area (Å²) in [4.78, 5) is 14.8. The molecule has 2 aromatic rings. The summed E-state index contributed by atoms with van der Waals surface area (Å²) >= 11 is 1.79. The SMILES string of the molecule is Cc1ccsc1CN(CCN(C)C)c1cc(C2CCOC2)nc(N)n1. The van der Waals surface area contributed by atoms with Crippen molar-refractivity contribution in [3.8, 4) is 0 Å². The standard InChI is InChI=1S/C18H27N5OS/c1-13-5-9-25-16(13)11-23(7-6-22(2)3)17-10-15(20-18(19)21-17)14-4-8-24-12-14/h5,9-10,14H,4,6-8,11-12H2,1-3H3,(H2,19,20,21). The van der Waals surface area contributed by atoms with E-state index < -0.39 is 0 Å². The second-order valence-electron chi connectivity index (χ2n) is 6.82. The fourth-order valence-corrected chi connectivity index (χ4v) is 3.87. The molecule has 0 amide bonds. The average Bonchev–Trinajstić information content (AvgIpc) is 3.22. The Bertz CT molecular complexity index is 697. The van der Waals surface area contributed by atoms with Crippen LogP contribution in [0.2, 0.25) is 0 Å². The second kappa shape index (κ2) is 8.12. The van der Waals surface area contributed by atoms with Crippen molar-refractivity contribution in [2.24, 2.45) is 0 Å². The van der Waals surface area contributed by atoms with E-state index in [2.05, 4.69) is 58.3 Å². The largest absolute Gasteiger partial charge is 0.381 e. The number of aromatic nitrogens is 2. The van der Waals surface area contributed by atoms with Crippen molar-refractivity contribution in [2.45, 2.75) is 25.8 Å². The molecule has 136 valence electrons. The van der Waals surface area contributed by atoms with Crippen LogP contribution in [0.15, 0.2) is 17.5 Å². The number of nitrogens with zero attached hydrogens (tertiary/aromatic N) is 4. The molecular formula is C18H27N5OS. The van der Waals surface area contributed by atoms with Crippen LogP contribution in [0.1, 0.15) is 28.5 Å². The molecule has 2 aromatic heterocycles. The first-order chi connectivity index (χ1) is 12.0. The topological polar surface area (TPSA) is 67.5 Å². The molecule has 1 saturated heterocycles. The third-order valence-corrected chi connectivity index (χ3v) is 5.55. The third kappa shape index (κ3) is 4.68. The number of nitrogens with two attached hydrogens (primary N) is 1. The Morgan fingerprint density at radius 2 is 2.16 bits per heavy atom. The zero-order valence-corrected chi connectivity index (χ0v) is 16.1. The van der Waals surface area contributed by atoms with E-state index in [9.17, 15) is 0 Å². The van der Waals surface area contributed by atoms with Gasteiger partial charge < -0.3 is 20.3 Å².